The molecule has 0 unspecified atom stereocenters. The first-order valence-electron chi connectivity index (χ1n) is 7.92. The number of para-hydroxylation sites is 2. The van der Waals surface area contributed by atoms with Gasteiger partial charge in [0, 0.05) is 6.54 Å². The molecule has 0 bridgehead atoms. The zero-order chi connectivity index (χ0) is 13.9. The maximum absolute atomic E-state index is 10.3. The number of aliphatic hydroxyl groups excluding tert-OH is 1. The topological polar surface area (TPSA) is 38.1 Å². The Morgan fingerprint density at radius 2 is 2.00 bits per heavy atom. The van der Waals surface area contributed by atoms with Crippen LogP contribution in [0.5, 0.6) is 0 Å². The van der Waals surface area contributed by atoms with Crippen molar-refractivity contribution in [1.29, 1.82) is 0 Å². The summed E-state index contributed by atoms with van der Waals surface area (Å²) >= 11 is 0. The number of fused-ring (bicyclic) bond motifs is 1. The lowest BCUT2D eigenvalue weighted by Crippen LogP contribution is -2.17. The number of imidazole rings is 1. The van der Waals surface area contributed by atoms with Crippen molar-refractivity contribution < 1.29 is 5.11 Å². The summed E-state index contributed by atoms with van der Waals surface area (Å²) < 4.78 is 2.26. The summed E-state index contributed by atoms with van der Waals surface area (Å²) in [6.07, 6.45) is 6.97. The van der Waals surface area contributed by atoms with E-state index in [0.29, 0.717) is 6.42 Å². The minimum absolute atomic E-state index is 0.453. The lowest BCUT2D eigenvalue weighted by Gasteiger charge is -2.24. The third-order valence-electron chi connectivity index (χ3n) is 4.53. The number of aromatic nitrogens is 2. The van der Waals surface area contributed by atoms with Gasteiger partial charge in [-0.05, 0) is 37.3 Å². The summed E-state index contributed by atoms with van der Waals surface area (Å²) in [5, 5.41) is 10.3. The quantitative estimate of drug-likeness (QED) is 0.911. The van der Waals surface area contributed by atoms with Gasteiger partial charge in [0.2, 0.25) is 0 Å². The van der Waals surface area contributed by atoms with Crippen molar-refractivity contribution in [3.63, 3.8) is 0 Å². The van der Waals surface area contributed by atoms with Crippen LogP contribution in [0, 0.1) is 5.92 Å². The van der Waals surface area contributed by atoms with Crippen LogP contribution in [-0.4, -0.2) is 14.7 Å². The van der Waals surface area contributed by atoms with E-state index in [1.807, 2.05) is 19.1 Å². The average Bonchev–Trinajstić information content (AvgIpc) is 2.86. The minimum Gasteiger partial charge on any atom is -0.385 e. The van der Waals surface area contributed by atoms with E-state index in [1.165, 1.54) is 37.6 Å². The Bertz CT molecular complexity index is 569. The molecule has 3 nitrogen and oxygen atoms in total. The molecule has 1 aromatic carbocycles. The van der Waals surface area contributed by atoms with E-state index < -0.39 is 6.10 Å². The second kappa shape index (κ2) is 5.96. The number of nitrogens with zero attached hydrogens (tertiary/aromatic N) is 2. The lowest BCUT2D eigenvalue weighted by molar-refractivity contribution is 0.156. The molecule has 1 N–H and O–H groups in total. The minimum atomic E-state index is -0.453. The van der Waals surface area contributed by atoms with Crippen LogP contribution in [0.4, 0.5) is 0 Å². The molecule has 1 atom stereocenters. The Kier molecular flexibility index (Phi) is 4.06. The Hall–Kier alpha value is -1.35. The number of rotatable bonds is 4. The van der Waals surface area contributed by atoms with Crippen LogP contribution in [0.15, 0.2) is 24.3 Å². The fourth-order valence-corrected chi connectivity index (χ4v) is 3.35. The third kappa shape index (κ3) is 2.59. The van der Waals surface area contributed by atoms with Crippen LogP contribution in [-0.2, 0) is 6.54 Å². The van der Waals surface area contributed by atoms with Crippen molar-refractivity contribution in [3.8, 4) is 0 Å². The summed E-state index contributed by atoms with van der Waals surface area (Å²) in [6.45, 7) is 3.02. The van der Waals surface area contributed by atoms with Gasteiger partial charge in [0.15, 0.2) is 0 Å². The molecule has 1 heterocycles. The zero-order valence-corrected chi connectivity index (χ0v) is 12.3. The highest BCUT2D eigenvalue weighted by molar-refractivity contribution is 5.76. The van der Waals surface area contributed by atoms with Gasteiger partial charge >= 0.3 is 0 Å². The summed E-state index contributed by atoms with van der Waals surface area (Å²) in [7, 11) is 0. The fraction of sp³-hybridized carbons (Fsp3) is 0.588. The predicted octanol–water partition coefficient (Wildman–Crippen LogP) is 4.06. The fourth-order valence-electron chi connectivity index (χ4n) is 3.35. The molecule has 3 rings (SSSR count). The third-order valence-corrected chi connectivity index (χ3v) is 4.53. The zero-order valence-electron chi connectivity index (χ0n) is 12.3. The molecule has 1 aromatic heterocycles. The highest BCUT2D eigenvalue weighted by Crippen LogP contribution is 2.29. The van der Waals surface area contributed by atoms with Gasteiger partial charge in [-0.2, -0.15) is 0 Å². The SMILES string of the molecule is CC[C@@H](O)c1nc2ccccc2n1CC1CCCCC1. The highest BCUT2D eigenvalue weighted by atomic mass is 16.3. The molecule has 0 radical (unpaired) electrons. The van der Waals surface area contributed by atoms with Crippen molar-refractivity contribution in [1.82, 2.24) is 9.55 Å². The number of aliphatic hydroxyl groups is 1. The summed E-state index contributed by atoms with van der Waals surface area (Å²) in [4.78, 5) is 4.66. The van der Waals surface area contributed by atoms with E-state index in [4.69, 9.17) is 0 Å². The van der Waals surface area contributed by atoms with Crippen LogP contribution in [0.2, 0.25) is 0 Å². The van der Waals surface area contributed by atoms with Crippen LogP contribution >= 0.6 is 0 Å². The van der Waals surface area contributed by atoms with E-state index >= 15 is 0 Å². The van der Waals surface area contributed by atoms with E-state index in [2.05, 4.69) is 21.7 Å². The second-order valence-electron chi connectivity index (χ2n) is 6.00. The van der Waals surface area contributed by atoms with E-state index in [9.17, 15) is 5.11 Å². The lowest BCUT2D eigenvalue weighted by atomic mass is 9.89. The van der Waals surface area contributed by atoms with E-state index in [0.717, 1.165) is 23.8 Å². The Balaban J connectivity index is 1.97. The van der Waals surface area contributed by atoms with Crippen LogP contribution in [0.25, 0.3) is 11.0 Å². The predicted molar refractivity (Wildman–Crippen MR) is 81.6 cm³/mol. The van der Waals surface area contributed by atoms with Gasteiger partial charge in [0.25, 0.3) is 0 Å². The van der Waals surface area contributed by atoms with Crippen molar-refractivity contribution in [2.24, 2.45) is 5.92 Å². The van der Waals surface area contributed by atoms with Crippen LogP contribution < -0.4 is 0 Å². The Morgan fingerprint density at radius 3 is 2.75 bits per heavy atom. The molecule has 0 amide bonds. The smallest absolute Gasteiger partial charge is 0.138 e. The van der Waals surface area contributed by atoms with Crippen LogP contribution in [0.3, 0.4) is 0 Å². The molecule has 1 saturated carbocycles. The second-order valence-corrected chi connectivity index (χ2v) is 6.00. The molecule has 2 aromatic rings. The molecule has 1 fully saturated rings. The maximum atomic E-state index is 10.3. The summed E-state index contributed by atoms with van der Waals surface area (Å²) in [6, 6.07) is 8.24. The van der Waals surface area contributed by atoms with Crippen molar-refractivity contribution in [2.45, 2.75) is 58.1 Å². The van der Waals surface area contributed by atoms with E-state index in [-0.39, 0.29) is 0 Å². The van der Waals surface area contributed by atoms with Gasteiger partial charge in [-0.1, -0.05) is 38.3 Å². The first-order chi connectivity index (χ1) is 9.79. The summed E-state index contributed by atoms with van der Waals surface area (Å²) in [5.41, 5.74) is 2.17. The van der Waals surface area contributed by atoms with Crippen LogP contribution in [0.1, 0.15) is 57.4 Å². The molecule has 1 aliphatic rings. The van der Waals surface area contributed by atoms with Gasteiger partial charge < -0.3 is 9.67 Å². The van der Waals surface area contributed by atoms with Gasteiger partial charge in [-0.25, -0.2) is 4.98 Å². The van der Waals surface area contributed by atoms with Crippen molar-refractivity contribution >= 4 is 11.0 Å². The molecule has 1 aliphatic carbocycles. The number of hydrogen-bond acceptors (Lipinski definition) is 2. The molecule has 3 heteroatoms. The number of benzene rings is 1. The van der Waals surface area contributed by atoms with Gasteiger partial charge in [0.05, 0.1) is 11.0 Å². The molecule has 0 aliphatic heterocycles. The molecular formula is C17H24N2O. The first-order valence-corrected chi connectivity index (χ1v) is 7.92. The summed E-state index contributed by atoms with van der Waals surface area (Å²) in [5.74, 6) is 1.59. The molecule has 0 spiro atoms. The van der Waals surface area contributed by atoms with Crippen molar-refractivity contribution in [2.75, 3.05) is 0 Å². The Labute approximate surface area is 120 Å². The average molecular weight is 272 g/mol. The monoisotopic (exact) mass is 272 g/mol. The first kappa shape index (κ1) is 13.6. The largest absolute Gasteiger partial charge is 0.385 e. The highest BCUT2D eigenvalue weighted by Gasteiger charge is 2.20. The van der Waals surface area contributed by atoms with Gasteiger partial charge in [-0.15, -0.1) is 0 Å². The Morgan fingerprint density at radius 1 is 1.25 bits per heavy atom. The molecule has 0 saturated heterocycles. The molecular weight excluding hydrogens is 248 g/mol. The normalized spacial score (nSPS) is 18.5. The van der Waals surface area contributed by atoms with E-state index in [1.54, 1.807) is 0 Å². The maximum Gasteiger partial charge on any atom is 0.138 e. The van der Waals surface area contributed by atoms with Gasteiger partial charge in [-0.3, -0.25) is 0 Å². The van der Waals surface area contributed by atoms with Crippen molar-refractivity contribution in [3.05, 3.63) is 30.1 Å². The molecule has 108 valence electrons. The molecule has 20 heavy (non-hydrogen) atoms. The number of hydrogen-bond donors (Lipinski definition) is 1. The standard InChI is InChI=1S/C17H24N2O/c1-2-16(20)17-18-14-10-6-7-11-15(14)19(17)12-13-8-4-3-5-9-13/h6-7,10-11,13,16,20H,2-5,8-9,12H2,1H3/t16-/m1/s1. The van der Waals surface area contributed by atoms with Gasteiger partial charge in [0.1, 0.15) is 11.9 Å².